The SMILES string of the molecule is CN(Cc1ccco1)C(=N)c1ccc(-c2nc(CCC(=O)c3ccc(Cl)s3)co2)cc1. The quantitative estimate of drug-likeness (QED) is 0.203. The zero-order valence-corrected chi connectivity index (χ0v) is 18.4. The lowest BCUT2D eigenvalue weighted by Gasteiger charge is -2.18. The van der Waals surface area contributed by atoms with Gasteiger partial charge >= 0.3 is 0 Å². The van der Waals surface area contributed by atoms with E-state index in [0.717, 1.165) is 22.6 Å². The summed E-state index contributed by atoms with van der Waals surface area (Å²) in [6.45, 7) is 0.521. The number of thiophene rings is 1. The second kappa shape index (κ2) is 9.32. The minimum Gasteiger partial charge on any atom is -0.467 e. The number of oxazole rings is 1. The monoisotopic (exact) mass is 453 g/mol. The van der Waals surface area contributed by atoms with E-state index in [2.05, 4.69) is 4.98 Å². The number of nitrogens with one attached hydrogen (secondary N) is 1. The highest BCUT2D eigenvalue weighted by molar-refractivity contribution is 7.18. The molecule has 0 radical (unpaired) electrons. The van der Waals surface area contributed by atoms with Gasteiger partial charge in [-0.1, -0.05) is 23.7 Å². The molecule has 0 aliphatic rings. The van der Waals surface area contributed by atoms with Gasteiger partial charge in [0, 0.05) is 31.0 Å². The van der Waals surface area contributed by atoms with Crippen LogP contribution < -0.4 is 0 Å². The predicted octanol–water partition coefficient (Wildman–Crippen LogP) is 5.92. The minimum absolute atomic E-state index is 0.0444. The average molecular weight is 454 g/mol. The fraction of sp³-hybridized carbons (Fsp3) is 0.174. The zero-order chi connectivity index (χ0) is 21.8. The Hall–Kier alpha value is -3.16. The topological polar surface area (TPSA) is 83.3 Å². The number of carbonyl (C=O) groups excluding carboxylic acids is 1. The normalized spacial score (nSPS) is 10.9. The van der Waals surface area contributed by atoms with E-state index < -0.39 is 0 Å². The van der Waals surface area contributed by atoms with Crippen LogP contribution in [0.2, 0.25) is 4.34 Å². The maximum Gasteiger partial charge on any atom is 0.226 e. The molecule has 1 aromatic carbocycles. The molecule has 4 rings (SSSR count). The van der Waals surface area contributed by atoms with Crippen molar-refractivity contribution in [3.63, 3.8) is 0 Å². The number of carbonyl (C=O) groups is 1. The summed E-state index contributed by atoms with van der Waals surface area (Å²) < 4.78 is 11.5. The average Bonchev–Trinajstić information content (AvgIpc) is 3.54. The number of aryl methyl sites for hydroxylation is 1. The number of aromatic nitrogens is 1. The third-order valence-electron chi connectivity index (χ3n) is 4.77. The van der Waals surface area contributed by atoms with Crippen LogP contribution in [0.3, 0.4) is 0 Å². The van der Waals surface area contributed by atoms with Crippen LogP contribution in [-0.4, -0.2) is 28.6 Å². The number of amidine groups is 1. The highest BCUT2D eigenvalue weighted by atomic mass is 35.5. The van der Waals surface area contributed by atoms with E-state index in [4.69, 9.17) is 25.8 Å². The van der Waals surface area contributed by atoms with Crippen LogP contribution in [0.5, 0.6) is 0 Å². The highest BCUT2D eigenvalue weighted by Gasteiger charge is 2.13. The van der Waals surface area contributed by atoms with E-state index in [1.54, 1.807) is 24.7 Å². The maximum absolute atomic E-state index is 12.2. The first-order valence-corrected chi connectivity index (χ1v) is 10.8. The first-order chi connectivity index (χ1) is 15.0. The van der Waals surface area contributed by atoms with Crippen molar-refractivity contribution >= 4 is 34.6 Å². The smallest absolute Gasteiger partial charge is 0.226 e. The fourth-order valence-corrected chi connectivity index (χ4v) is 4.10. The Morgan fingerprint density at radius 2 is 1.97 bits per heavy atom. The zero-order valence-electron chi connectivity index (χ0n) is 16.8. The molecule has 3 aromatic heterocycles. The summed E-state index contributed by atoms with van der Waals surface area (Å²) in [6, 6.07) is 14.7. The number of furan rings is 1. The van der Waals surface area contributed by atoms with Gasteiger partial charge in [0.25, 0.3) is 0 Å². The molecule has 0 atom stereocenters. The molecule has 0 saturated heterocycles. The van der Waals surface area contributed by atoms with Gasteiger partial charge in [0.2, 0.25) is 5.89 Å². The van der Waals surface area contributed by atoms with Crippen molar-refractivity contribution in [3.05, 3.63) is 87.3 Å². The fourth-order valence-electron chi connectivity index (χ4n) is 3.09. The van der Waals surface area contributed by atoms with Crippen LogP contribution in [0.4, 0.5) is 0 Å². The number of nitrogens with zero attached hydrogens (tertiary/aromatic N) is 2. The van der Waals surface area contributed by atoms with Gasteiger partial charge in [-0.25, -0.2) is 4.98 Å². The molecule has 0 aliphatic carbocycles. The molecule has 4 aromatic rings. The molecule has 31 heavy (non-hydrogen) atoms. The van der Waals surface area contributed by atoms with Crippen LogP contribution in [-0.2, 0) is 13.0 Å². The number of hydrogen-bond acceptors (Lipinski definition) is 6. The molecule has 1 N–H and O–H groups in total. The van der Waals surface area contributed by atoms with Crippen molar-refractivity contribution in [3.8, 4) is 11.5 Å². The molecule has 3 heterocycles. The van der Waals surface area contributed by atoms with E-state index in [1.165, 1.54) is 11.3 Å². The molecule has 0 saturated carbocycles. The molecule has 158 valence electrons. The first-order valence-electron chi connectivity index (χ1n) is 9.65. The second-order valence-electron chi connectivity index (χ2n) is 7.03. The number of Topliss-reactive ketones (excluding diaryl/α,β-unsaturated/α-hetero) is 1. The number of hydrogen-bond donors (Lipinski definition) is 1. The molecule has 0 bridgehead atoms. The first kappa shape index (κ1) is 21.1. The van der Waals surface area contributed by atoms with E-state index >= 15 is 0 Å². The third kappa shape index (κ3) is 5.13. The van der Waals surface area contributed by atoms with Gasteiger partial charge in [-0.05, 0) is 36.4 Å². The lowest BCUT2D eigenvalue weighted by molar-refractivity contribution is 0.0986. The highest BCUT2D eigenvalue weighted by Crippen LogP contribution is 2.24. The predicted molar refractivity (Wildman–Crippen MR) is 121 cm³/mol. The van der Waals surface area contributed by atoms with Crippen molar-refractivity contribution in [2.75, 3.05) is 7.05 Å². The van der Waals surface area contributed by atoms with Crippen molar-refractivity contribution < 1.29 is 13.6 Å². The van der Waals surface area contributed by atoms with Gasteiger partial charge in [0.05, 0.1) is 27.7 Å². The van der Waals surface area contributed by atoms with E-state index in [0.29, 0.717) is 40.3 Å². The molecular formula is C23H20ClN3O3S. The molecule has 0 spiro atoms. The van der Waals surface area contributed by atoms with Crippen LogP contribution in [0.1, 0.15) is 33.1 Å². The van der Waals surface area contributed by atoms with Gasteiger partial charge < -0.3 is 13.7 Å². The summed E-state index contributed by atoms with van der Waals surface area (Å²) in [7, 11) is 1.85. The van der Waals surface area contributed by atoms with Crippen molar-refractivity contribution in [1.82, 2.24) is 9.88 Å². The lowest BCUT2D eigenvalue weighted by atomic mass is 10.1. The summed E-state index contributed by atoms with van der Waals surface area (Å²) in [5, 5.41) is 8.39. The van der Waals surface area contributed by atoms with Gasteiger partial charge in [-0.15, -0.1) is 11.3 Å². The molecular weight excluding hydrogens is 434 g/mol. The Balaban J connectivity index is 1.36. The van der Waals surface area contributed by atoms with E-state index in [-0.39, 0.29) is 5.78 Å². The van der Waals surface area contributed by atoms with E-state index in [9.17, 15) is 4.79 Å². The van der Waals surface area contributed by atoms with E-state index in [1.807, 2.05) is 48.3 Å². The summed E-state index contributed by atoms with van der Waals surface area (Å²) in [5.74, 6) is 1.73. The largest absolute Gasteiger partial charge is 0.467 e. The lowest BCUT2D eigenvalue weighted by Crippen LogP contribution is -2.25. The Kier molecular flexibility index (Phi) is 6.34. The molecule has 0 fully saturated rings. The van der Waals surface area contributed by atoms with Crippen molar-refractivity contribution in [2.24, 2.45) is 0 Å². The van der Waals surface area contributed by atoms with Crippen LogP contribution in [0.25, 0.3) is 11.5 Å². The van der Waals surface area contributed by atoms with Crippen molar-refractivity contribution in [2.45, 2.75) is 19.4 Å². The summed E-state index contributed by atoms with van der Waals surface area (Å²) in [4.78, 5) is 19.2. The minimum atomic E-state index is 0.0444. The number of ketones is 1. The molecule has 0 amide bonds. The Labute approximate surface area is 188 Å². The third-order valence-corrected chi connectivity index (χ3v) is 6.04. The standard InChI is InChI=1S/C23H20ClN3O3S/c1-27(13-18-3-2-12-29-18)22(25)15-4-6-16(7-5-15)23-26-17(14-30-23)8-9-19(28)20-10-11-21(24)31-20/h2-7,10-12,14,25H,8-9,13H2,1H3. The summed E-state index contributed by atoms with van der Waals surface area (Å²) >= 11 is 7.18. The molecule has 8 heteroatoms. The number of benzene rings is 1. The van der Waals surface area contributed by atoms with Gasteiger partial charge in [0.1, 0.15) is 17.9 Å². The van der Waals surface area contributed by atoms with Gasteiger partial charge in [-0.3, -0.25) is 10.2 Å². The summed E-state index contributed by atoms with van der Waals surface area (Å²) in [5.41, 5.74) is 2.32. The Morgan fingerprint density at radius 1 is 1.16 bits per heavy atom. The Bertz CT molecular complexity index is 1180. The number of halogens is 1. The second-order valence-corrected chi connectivity index (χ2v) is 8.75. The van der Waals surface area contributed by atoms with Gasteiger partial charge in [-0.2, -0.15) is 0 Å². The number of rotatable bonds is 8. The van der Waals surface area contributed by atoms with Crippen molar-refractivity contribution in [1.29, 1.82) is 5.41 Å². The molecule has 6 nitrogen and oxygen atoms in total. The van der Waals surface area contributed by atoms with Crippen LogP contribution >= 0.6 is 22.9 Å². The summed E-state index contributed by atoms with van der Waals surface area (Å²) in [6.07, 6.45) is 4.05. The molecule has 0 unspecified atom stereocenters. The Morgan fingerprint density at radius 3 is 2.65 bits per heavy atom. The van der Waals surface area contributed by atoms with Crippen LogP contribution in [0.15, 0.2) is 69.9 Å². The molecule has 0 aliphatic heterocycles. The van der Waals surface area contributed by atoms with Crippen LogP contribution in [0, 0.1) is 5.41 Å². The maximum atomic E-state index is 12.2. The van der Waals surface area contributed by atoms with Gasteiger partial charge in [0.15, 0.2) is 5.78 Å².